The quantitative estimate of drug-likeness (QED) is 0.156. The Hall–Kier alpha value is -6.97. The average molecular weight is 723 g/mol. The van der Waals surface area contributed by atoms with Crippen molar-refractivity contribution in [3.8, 4) is 33.4 Å². The third-order valence-electron chi connectivity index (χ3n) is 10.9. The normalized spacial score (nSPS) is 11.6. The number of anilines is 6. The van der Waals surface area contributed by atoms with Crippen molar-refractivity contribution in [2.75, 3.05) is 9.80 Å². The largest absolute Gasteiger partial charge is 0.311 e. The zero-order chi connectivity index (χ0) is 38.3. The summed E-state index contributed by atoms with van der Waals surface area (Å²) < 4.78 is 0. The molecule has 0 fully saturated rings. The molecule has 0 saturated carbocycles. The maximum atomic E-state index is 14.1. The van der Waals surface area contributed by atoms with Crippen LogP contribution in [0.2, 0.25) is 0 Å². The summed E-state index contributed by atoms with van der Waals surface area (Å²) in [7, 11) is 0. The number of carbonyl (C=O) groups excluding carboxylic acids is 1. The zero-order valence-electron chi connectivity index (χ0n) is 32.1. The van der Waals surface area contributed by atoms with Crippen LogP contribution in [0.25, 0.3) is 33.4 Å². The Bertz CT molecular complexity index is 2410. The predicted octanol–water partition coefficient (Wildman–Crippen LogP) is 14.4. The first-order valence-electron chi connectivity index (χ1n) is 19.2. The Morgan fingerprint density at radius 3 is 0.768 bits per heavy atom. The third kappa shape index (κ3) is 6.58. The van der Waals surface area contributed by atoms with Crippen molar-refractivity contribution in [2.45, 2.75) is 27.7 Å². The van der Waals surface area contributed by atoms with Gasteiger partial charge in [0.05, 0.1) is 0 Å². The van der Waals surface area contributed by atoms with Crippen molar-refractivity contribution in [2.24, 2.45) is 0 Å². The van der Waals surface area contributed by atoms with E-state index >= 15 is 0 Å². The van der Waals surface area contributed by atoms with Gasteiger partial charge in [0.25, 0.3) is 0 Å². The van der Waals surface area contributed by atoms with E-state index in [2.05, 4.69) is 219 Å². The molecule has 1 aliphatic carbocycles. The molecule has 0 atom stereocenters. The summed E-state index contributed by atoms with van der Waals surface area (Å²) in [5.74, 6) is 0.0711. The van der Waals surface area contributed by atoms with E-state index in [0.29, 0.717) is 0 Å². The van der Waals surface area contributed by atoms with Gasteiger partial charge in [-0.3, -0.25) is 4.79 Å². The number of fused-ring (bicyclic) bond motifs is 3. The van der Waals surface area contributed by atoms with Crippen molar-refractivity contribution >= 4 is 39.9 Å². The fourth-order valence-corrected chi connectivity index (χ4v) is 7.71. The molecule has 0 heterocycles. The minimum Gasteiger partial charge on any atom is -0.311 e. The third-order valence-corrected chi connectivity index (χ3v) is 10.9. The van der Waals surface area contributed by atoms with Crippen molar-refractivity contribution in [1.29, 1.82) is 0 Å². The number of benzene rings is 8. The fourth-order valence-electron chi connectivity index (χ4n) is 7.71. The second-order valence-corrected chi connectivity index (χ2v) is 15.0. The number of ketones is 1. The fraction of sp³-hybridized carbons (Fsp3) is 0.0755. The first-order chi connectivity index (χ1) is 27.3. The van der Waals surface area contributed by atoms with E-state index in [-0.39, 0.29) is 5.78 Å². The van der Waals surface area contributed by atoms with Crippen LogP contribution in [0.5, 0.6) is 0 Å². The van der Waals surface area contributed by atoms with Crippen LogP contribution < -0.4 is 9.80 Å². The van der Waals surface area contributed by atoms with E-state index in [0.717, 1.165) is 78.6 Å². The highest BCUT2D eigenvalue weighted by Crippen LogP contribution is 2.42. The molecule has 8 aromatic rings. The summed E-state index contributed by atoms with van der Waals surface area (Å²) in [5, 5.41) is 0. The van der Waals surface area contributed by atoms with Crippen LogP contribution in [0.3, 0.4) is 0 Å². The molecule has 3 nitrogen and oxygen atoms in total. The maximum Gasteiger partial charge on any atom is 0.194 e. The predicted molar refractivity (Wildman–Crippen MR) is 234 cm³/mol. The van der Waals surface area contributed by atoms with E-state index in [9.17, 15) is 4.79 Å². The molecule has 1 aliphatic rings. The molecular formula is C53H42N2O. The Morgan fingerprint density at radius 2 is 0.500 bits per heavy atom. The summed E-state index contributed by atoms with van der Waals surface area (Å²) in [6.07, 6.45) is 0. The highest BCUT2D eigenvalue weighted by atomic mass is 16.1. The number of aryl methyl sites for hydroxylation is 4. The van der Waals surface area contributed by atoms with Gasteiger partial charge >= 0.3 is 0 Å². The lowest BCUT2D eigenvalue weighted by Crippen LogP contribution is -2.09. The minimum absolute atomic E-state index is 0.0711. The van der Waals surface area contributed by atoms with E-state index in [4.69, 9.17) is 0 Å². The molecule has 8 aromatic carbocycles. The molecule has 0 amide bonds. The van der Waals surface area contributed by atoms with E-state index in [1.165, 1.54) is 22.3 Å². The van der Waals surface area contributed by atoms with Crippen LogP contribution in [0.1, 0.15) is 38.2 Å². The van der Waals surface area contributed by atoms with Crippen LogP contribution in [0.4, 0.5) is 34.1 Å². The van der Waals surface area contributed by atoms with Gasteiger partial charge in [0.2, 0.25) is 0 Å². The molecule has 3 heteroatoms. The maximum absolute atomic E-state index is 14.1. The summed E-state index contributed by atoms with van der Waals surface area (Å²) >= 11 is 0. The summed E-state index contributed by atoms with van der Waals surface area (Å²) in [5.41, 5.74) is 19.2. The van der Waals surface area contributed by atoms with E-state index in [1.54, 1.807) is 0 Å². The molecule has 270 valence electrons. The standard InChI is InChI=1S/C53H42N2O/c1-35-5-19-43(20-6-35)54(44-21-7-36(2)8-22-44)47-27-13-39(14-28-47)41-17-31-49-50-32-18-42(34-52(50)53(56)51(49)33-41)40-15-29-48(30-16-40)55(45-23-9-37(3)10-24-45)46-25-11-38(4)12-26-46/h5-34H,1-4H3. The summed E-state index contributed by atoms with van der Waals surface area (Å²) in [6.45, 7) is 8.44. The number of nitrogens with zero attached hydrogens (tertiary/aromatic N) is 2. The smallest absolute Gasteiger partial charge is 0.194 e. The van der Waals surface area contributed by atoms with Crippen molar-refractivity contribution in [1.82, 2.24) is 0 Å². The van der Waals surface area contributed by atoms with Crippen LogP contribution >= 0.6 is 0 Å². The van der Waals surface area contributed by atoms with Gasteiger partial charge in [-0.1, -0.05) is 119 Å². The monoisotopic (exact) mass is 722 g/mol. The number of hydrogen-bond acceptors (Lipinski definition) is 3. The molecular weight excluding hydrogens is 681 g/mol. The second-order valence-electron chi connectivity index (χ2n) is 15.0. The van der Waals surface area contributed by atoms with Gasteiger partial charge < -0.3 is 9.80 Å². The number of carbonyl (C=O) groups is 1. The number of hydrogen-bond donors (Lipinski definition) is 0. The summed E-state index contributed by atoms with van der Waals surface area (Å²) in [6, 6.07) is 64.4. The van der Waals surface area contributed by atoms with E-state index < -0.39 is 0 Å². The SMILES string of the molecule is Cc1ccc(N(c2ccc(C)cc2)c2ccc(-c3ccc4c(c3)C(=O)c3cc(-c5ccc(N(c6ccc(C)cc6)c6ccc(C)cc6)cc5)ccc3-4)cc2)cc1. The Kier molecular flexibility index (Phi) is 8.91. The Labute approximate surface area is 329 Å². The molecule has 56 heavy (non-hydrogen) atoms. The van der Waals surface area contributed by atoms with Crippen LogP contribution in [-0.4, -0.2) is 5.78 Å². The van der Waals surface area contributed by atoms with Crippen LogP contribution in [-0.2, 0) is 0 Å². The molecule has 0 radical (unpaired) electrons. The number of rotatable bonds is 8. The minimum atomic E-state index is 0.0711. The van der Waals surface area contributed by atoms with Gasteiger partial charge in [0, 0.05) is 45.3 Å². The van der Waals surface area contributed by atoms with Crippen molar-refractivity contribution < 1.29 is 4.79 Å². The molecule has 0 N–H and O–H groups in total. The van der Waals surface area contributed by atoms with Gasteiger partial charge in [0.15, 0.2) is 5.78 Å². The van der Waals surface area contributed by atoms with Crippen molar-refractivity contribution in [3.05, 3.63) is 215 Å². The van der Waals surface area contributed by atoms with Gasteiger partial charge in [-0.05, 0) is 146 Å². The first kappa shape index (κ1) is 34.8. The molecule has 0 aromatic heterocycles. The molecule has 0 saturated heterocycles. The summed E-state index contributed by atoms with van der Waals surface area (Å²) in [4.78, 5) is 18.6. The average Bonchev–Trinajstić information content (AvgIpc) is 3.51. The topological polar surface area (TPSA) is 23.6 Å². The Balaban J connectivity index is 0.982. The van der Waals surface area contributed by atoms with Crippen molar-refractivity contribution in [3.63, 3.8) is 0 Å². The van der Waals surface area contributed by atoms with Gasteiger partial charge in [-0.25, -0.2) is 0 Å². The highest BCUT2D eigenvalue weighted by Gasteiger charge is 2.27. The lowest BCUT2D eigenvalue weighted by molar-refractivity contribution is 0.104. The molecule has 0 unspecified atom stereocenters. The zero-order valence-corrected chi connectivity index (χ0v) is 32.1. The molecule has 0 spiro atoms. The van der Waals surface area contributed by atoms with Gasteiger partial charge in [0.1, 0.15) is 0 Å². The highest BCUT2D eigenvalue weighted by molar-refractivity contribution is 6.22. The lowest BCUT2D eigenvalue weighted by Gasteiger charge is -2.26. The van der Waals surface area contributed by atoms with Gasteiger partial charge in [-0.15, -0.1) is 0 Å². The lowest BCUT2D eigenvalue weighted by atomic mass is 9.98. The second kappa shape index (κ2) is 14.4. The molecule has 0 aliphatic heterocycles. The van der Waals surface area contributed by atoms with Crippen LogP contribution in [0, 0.1) is 27.7 Å². The van der Waals surface area contributed by atoms with Gasteiger partial charge in [-0.2, -0.15) is 0 Å². The van der Waals surface area contributed by atoms with Crippen LogP contribution in [0.15, 0.2) is 182 Å². The van der Waals surface area contributed by atoms with E-state index in [1.807, 2.05) is 0 Å². The first-order valence-corrected chi connectivity index (χ1v) is 19.2. The Morgan fingerprint density at radius 1 is 0.268 bits per heavy atom. The molecule has 9 rings (SSSR count). The molecule has 0 bridgehead atoms.